The molecule has 16 heteroatoms. The highest BCUT2D eigenvalue weighted by molar-refractivity contribution is 8.03. The van der Waals surface area contributed by atoms with Gasteiger partial charge in [-0.3, -0.25) is 4.18 Å². The van der Waals surface area contributed by atoms with E-state index in [0.29, 0.717) is 4.13 Å². The highest BCUT2D eigenvalue weighted by atomic mass is 32.3. The highest BCUT2D eigenvalue weighted by Crippen LogP contribution is 2.47. The largest absolute Gasteiger partial charge is 0.512 e. The van der Waals surface area contributed by atoms with E-state index in [1.807, 2.05) is 0 Å². The smallest absolute Gasteiger partial charge is 0.343 e. The lowest BCUT2D eigenvalue weighted by Crippen LogP contribution is -2.61. The fraction of sp³-hybridized carbons (Fsp3) is 1.00. The summed E-state index contributed by atoms with van der Waals surface area (Å²) in [4.78, 5) is 0. The fourth-order valence-corrected chi connectivity index (χ4v) is 5.28. The number of ether oxygens (including phenoxy) is 5. The van der Waals surface area contributed by atoms with E-state index in [0.717, 1.165) is 0 Å². The minimum atomic E-state index is -6.21. The Kier molecular flexibility index (Phi) is 5.33. The quantitative estimate of drug-likeness (QED) is 0.587. The first kappa shape index (κ1) is 23.1. The molecule has 3 saturated heterocycles. The van der Waals surface area contributed by atoms with Crippen LogP contribution < -0.4 is 4.13 Å². The predicted molar refractivity (Wildman–Crippen MR) is 85.5 cm³/mol. The van der Waals surface area contributed by atoms with Crippen molar-refractivity contribution in [1.82, 2.24) is 4.13 Å². The highest BCUT2D eigenvalue weighted by Gasteiger charge is 2.66. The molecule has 3 rings (SSSR count). The minimum Gasteiger partial charge on any atom is -0.343 e. The van der Waals surface area contributed by atoms with Crippen molar-refractivity contribution in [3.63, 3.8) is 0 Å². The third-order valence-electron chi connectivity index (χ3n) is 4.21. The summed E-state index contributed by atoms with van der Waals surface area (Å²) in [7, 11) is -11.6. The second-order valence-corrected chi connectivity index (χ2v) is 10.8. The molecule has 0 aromatic heterocycles. The van der Waals surface area contributed by atoms with Gasteiger partial charge in [0.25, 0.3) is 0 Å². The summed E-state index contributed by atoms with van der Waals surface area (Å²) in [5.41, 5.74) is -5.85. The molecule has 0 aliphatic carbocycles. The van der Waals surface area contributed by atoms with Gasteiger partial charge in [-0.05, 0) is 27.7 Å². The second kappa shape index (κ2) is 6.70. The maximum Gasteiger partial charge on any atom is 0.512 e. The molecule has 0 saturated carbocycles. The summed E-state index contributed by atoms with van der Waals surface area (Å²) < 4.78 is 116. The minimum absolute atomic E-state index is 0.123. The van der Waals surface area contributed by atoms with Crippen LogP contribution in [0.5, 0.6) is 0 Å². The molecule has 0 radical (unpaired) electrons. The number of halogens is 3. The van der Waals surface area contributed by atoms with Crippen molar-refractivity contribution in [3.05, 3.63) is 0 Å². The van der Waals surface area contributed by atoms with E-state index in [1.165, 1.54) is 13.8 Å². The van der Waals surface area contributed by atoms with Crippen LogP contribution in [0.25, 0.3) is 0 Å². The Hall–Kier alpha value is -0.590. The molecule has 0 aromatic rings. The van der Waals surface area contributed by atoms with Crippen LogP contribution in [0.1, 0.15) is 27.7 Å². The number of rotatable bonds is 5. The molecule has 3 fully saturated rings. The molecule has 0 bridgehead atoms. The van der Waals surface area contributed by atoms with Gasteiger partial charge in [-0.1, -0.05) is 4.13 Å². The van der Waals surface area contributed by atoms with Gasteiger partial charge in [0.2, 0.25) is 5.79 Å². The molecule has 3 aliphatic rings. The van der Waals surface area contributed by atoms with Crippen molar-refractivity contribution in [1.29, 1.82) is 0 Å². The number of alkyl halides is 3. The van der Waals surface area contributed by atoms with Crippen molar-refractivity contribution in [2.24, 2.45) is 0 Å². The lowest BCUT2D eigenvalue weighted by molar-refractivity contribution is -0.290. The molecule has 4 atom stereocenters. The molecule has 29 heavy (non-hydrogen) atoms. The molecule has 11 nitrogen and oxygen atoms in total. The SMILES string of the molecule is CC1(C)OC2[C@@H](CO[C@@]3(COS(=O)(=O)NS(=O)(=O)C(F)(F)F)OC(C)(C)O[C@@H]23)O1. The Morgan fingerprint density at radius 3 is 2.24 bits per heavy atom. The number of sulfonamides is 1. The number of hydrogen-bond acceptors (Lipinski definition) is 10. The van der Waals surface area contributed by atoms with E-state index in [-0.39, 0.29) is 6.61 Å². The molecule has 3 aliphatic heterocycles. The summed E-state index contributed by atoms with van der Waals surface area (Å²) in [6.07, 6.45) is -2.42. The van der Waals surface area contributed by atoms with Crippen LogP contribution in [-0.2, 0) is 48.2 Å². The van der Waals surface area contributed by atoms with Crippen LogP contribution in [0, 0.1) is 0 Å². The van der Waals surface area contributed by atoms with Crippen LogP contribution in [0.15, 0.2) is 0 Å². The van der Waals surface area contributed by atoms with E-state index >= 15 is 0 Å². The Morgan fingerprint density at radius 1 is 1.03 bits per heavy atom. The lowest BCUT2D eigenvalue weighted by atomic mass is 9.98. The van der Waals surface area contributed by atoms with Crippen LogP contribution in [0.3, 0.4) is 0 Å². The van der Waals surface area contributed by atoms with Gasteiger partial charge in [-0.25, -0.2) is 8.42 Å². The second-order valence-electron chi connectivity index (χ2n) is 7.55. The molecule has 3 heterocycles. The Morgan fingerprint density at radius 2 is 1.66 bits per heavy atom. The van der Waals surface area contributed by atoms with Gasteiger partial charge >= 0.3 is 25.8 Å². The van der Waals surface area contributed by atoms with Gasteiger partial charge in [0.1, 0.15) is 24.9 Å². The van der Waals surface area contributed by atoms with Crippen LogP contribution >= 0.6 is 0 Å². The average molecular weight is 471 g/mol. The van der Waals surface area contributed by atoms with E-state index in [4.69, 9.17) is 23.7 Å². The van der Waals surface area contributed by atoms with E-state index in [9.17, 15) is 30.0 Å². The summed E-state index contributed by atoms with van der Waals surface area (Å²) in [5, 5.41) is 0. The summed E-state index contributed by atoms with van der Waals surface area (Å²) in [5.74, 6) is -4.19. The van der Waals surface area contributed by atoms with Crippen molar-refractivity contribution < 1.29 is 57.9 Å². The first-order chi connectivity index (χ1) is 12.9. The van der Waals surface area contributed by atoms with Gasteiger partial charge in [-0.2, -0.15) is 21.6 Å². The third kappa shape index (κ3) is 4.54. The zero-order valence-corrected chi connectivity index (χ0v) is 17.3. The first-order valence-electron chi connectivity index (χ1n) is 8.24. The molecule has 0 amide bonds. The summed E-state index contributed by atoms with van der Waals surface area (Å²) >= 11 is 0. The van der Waals surface area contributed by atoms with Gasteiger partial charge in [0.05, 0.1) is 6.61 Å². The van der Waals surface area contributed by atoms with Crippen molar-refractivity contribution in [2.75, 3.05) is 13.2 Å². The van der Waals surface area contributed by atoms with Gasteiger partial charge < -0.3 is 23.7 Å². The van der Waals surface area contributed by atoms with Gasteiger partial charge in [-0.15, -0.1) is 0 Å². The molecule has 170 valence electrons. The van der Waals surface area contributed by atoms with Crippen molar-refractivity contribution >= 4 is 20.3 Å². The van der Waals surface area contributed by atoms with Crippen molar-refractivity contribution in [2.45, 2.75) is 68.9 Å². The Balaban J connectivity index is 1.80. The summed E-state index contributed by atoms with van der Waals surface area (Å²) in [6, 6.07) is 0. The molecular formula is C13H20F3NO10S2. The van der Waals surface area contributed by atoms with E-state index in [2.05, 4.69) is 4.18 Å². The molecule has 1 N–H and O–H groups in total. The normalized spacial score (nSPS) is 36.6. The van der Waals surface area contributed by atoms with E-state index < -0.39 is 68.1 Å². The standard InChI is InChI=1S/C13H20F3NO10S2/c1-10(2)24-7-5-22-12(9(8(7)25-10)26-11(3,4)27-12)6-23-29(20,21)17-28(18,19)13(14,15)16/h7-9,17H,5-6H2,1-4H3/t7-,8?,9+,12+/m1/s1. The zero-order chi connectivity index (χ0) is 22.1. The summed E-state index contributed by atoms with van der Waals surface area (Å²) in [6.45, 7) is 5.14. The average Bonchev–Trinajstić information content (AvgIpc) is 2.95. The Labute approximate surface area is 165 Å². The molecule has 0 aromatic carbocycles. The monoisotopic (exact) mass is 471 g/mol. The van der Waals surface area contributed by atoms with Crippen LogP contribution in [0.2, 0.25) is 0 Å². The van der Waals surface area contributed by atoms with E-state index in [1.54, 1.807) is 13.8 Å². The number of hydrogen-bond donors (Lipinski definition) is 1. The van der Waals surface area contributed by atoms with Crippen LogP contribution in [-0.4, -0.2) is 71.2 Å². The maximum atomic E-state index is 12.4. The first-order valence-corrected chi connectivity index (χ1v) is 11.1. The lowest BCUT2D eigenvalue weighted by Gasteiger charge is -2.40. The van der Waals surface area contributed by atoms with Gasteiger partial charge in [0.15, 0.2) is 11.6 Å². The van der Waals surface area contributed by atoms with Crippen molar-refractivity contribution in [3.8, 4) is 0 Å². The molecule has 1 unspecified atom stereocenters. The topological polar surface area (TPSA) is 136 Å². The maximum absolute atomic E-state index is 12.4. The van der Waals surface area contributed by atoms with Crippen LogP contribution in [0.4, 0.5) is 13.2 Å². The number of nitrogens with one attached hydrogen (secondary N) is 1. The number of fused-ring (bicyclic) bond motifs is 3. The predicted octanol–water partition coefficient (Wildman–Crippen LogP) is 0.0851. The molecule has 0 spiro atoms. The fourth-order valence-electron chi connectivity index (χ4n) is 3.31. The molecular weight excluding hydrogens is 451 g/mol. The third-order valence-corrected chi connectivity index (χ3v) is 6.94. The zero-order valence-electron chi connectivity index (χ0n) is 15.7. The van der Waals surface area contributed by atoms with Gasteiger partial charge in [0, 0.05) is 0 Å². The Bertz CT molecular complexity index is 872.